The predicted molar refractivity (Wildman–Crippen MR) is 55.3 cm³/mol. The van der Waals surface area contributed by atoms with Crippen molar-refractivity contribution >= 4 is 11.6 Å². The molecule has 0 aromatic carbocycles. The molecular weight excluding hydrogens is 202 g/mol. The molecule has 2 aliphatic rings. The van der Waals surface area contributed by atoms with Crippen molar-refractivity contribution in [2.75, 3.05) is 39.5 Å². The molecule has 0 aliphatic carbocycles. The van der Waals surface area contributed by atoms with Gasteiger partial charge in [-0.15, -0.1) is 0 Å². The van der Waals surface area contributed by atoms with E-state index in [-0.39, 0.29) is 12.0 Å². The lowest BCUT2D eigenvalue weighted by atomic mass is 9.86. The maximum absolute atomic E-state index is 9.28. The summed E-state index contributed by atoms with van der Waals surface area (Å²) in [5, 5.41) is 10.2. The van der Waals surface area contributed by atoms with Gasteiger partial charge in [0.2, 0.25) is 0 Å². The molecule has 2 aliphatic heterocycles. The van der Waals surface area contributed by atoms with Crippen LogP contribution in [0.25, 0.3) is 0 Å². The van der Waals surface area contributed by atoms with Crippen LogP contribution >= 0.6 is 11.6 Å². The predicted octanol–water partition coefficient (Wildman–Crippen LogP) is 0.824. The van der Waals surface area contributed by atoms with Crippen LogP contribution in [0.3, 0.4) is 0 Å². The number of aliphatic hydroxyl groups excluding tert-OH is 1. The lowest BCUT2D eigenvalue weighted by Crippen LogP contribution is -2.53. The molecule has 80 valence electrons. The van der Waals surface area contributed by atoms with Gasteiger partial charge in [-0.25, -0.2) is 0 Å². The van der Waals surface area contributed by atoms with Gasteiger partial charge in [0.05, 0.1) is 25.2 Å². The van der Waals surface area contributed by atoms with E-state index in [4.69, 9.17) is 16.3 Å². The molecule has 1 fully saturated rings. The normalized spacial score (nSPS) is 26.9. The van der Waals surface area contributed by atoms with Gasteiger partial charge in [-0.2, -0.15) is 0 Å². The molecule has 1 saturated heterocycles. The van der Waals surface area contributed by atoms with Gasteiger partial charge in [-0.05, 0) is 6.42 Å². The maximum Gasteiger partial charge on any atom is 0.0579 e. The third-order valence-corrected chi connectivity index (χ3v) is 3.17. The Morgan fingerprint density at radius 1 is 1.57 bits per heavy atom. The van der Waals surface area contributed by atoms with Crippen molar-refractivity contribution in [2.45, 2.75) is 6.42 Å². The number of nitrogens with zero attached hydrogens (tertiary/aromatic N) is 1. The summed E-state index contributed by atoms with van der Waals surface area (Å²) in [5.41, 5.74) is -0.0193. The Bertz CT molecular complexity index is 233. The highest BCUT2D eigenvalue weighted by atomic mass is 35.5. The molecule has 2 rings (SSSR count). The van der Waals surface area contributed by atoms with E-state index in [0.29, 0.717) is 13.2 Å². The van der Waals surface area contributed by atoms with E-state index in [0.717, 1.165) is 31.1 Å². The average molecular weight is 218 g/mol. The number of aliphatic hydroxyl groups is 1. The van der Waals surface area contributed by atoms with Gasteiger partial charge >= 0.3 is 0 Å². The number of halogens is 1. The second-order valence-corrected chi connectivity index (χ2v) is 4.79. The molecular formula is C10H16ClNO2. The summed E-state index contributed by atoms with van der Waals surface area (Å²) in [5.74, 6) is 0. The van der Waals surface area contributed by atoms with E-state index in [9.17, 15) is 5.11 Å². The molecule has 0 aromatic heterocycles. The van der Waals surface area contributed by atoms with Crippen LogP contribution in [0, 0.1) is 5.41 Å². The van der Waals surface area contributed by atoms with Crippen LogP contribution in [0.5, 0.6) is 0 Å². The largest absolute Gasteiger partial charge is 0.396 e. The second kappa shape index (κ2) is 4.19. The van der Waals surface area contributed by atoms with E-state index in [1.165, 1.54) is 0 Å². The number of ether oxygens (including phenoxy) is 1. The van der Waals surface area contributed by atoms with Crippen LogP contribution in [0.15, 0.2) is 11.1 Å². The number of rotatable bonds is 3. The minimum Gasteiger partial charge on any atom is -0.396 e. The van der Waals surface area contributed by atoms with Crippen molar-refractivity contribution in [1.82, 2.24) is 4.90 Å². The highest BCUT2D eigenvalue weighted by molar-refractivity contribution is 6.29. The van der Waals surface area contributed by atoms with Gasteiger partial charge < -0.3 is 9.84 Å². The summed E-state index contributed by atoms with van der Waals surface area (Å²) in [6.45, 7) is 4.34. The fraction of sp³-hybridized carbons (Fsp3) is 0.800. The van der Waals surface area contributed by atoms with E-state index in [1.54, 1.807) is 0 Å². The summed E-state index contributed by atoms with van der Waals surface area (Å²) in [7, 11) is 0. The van der Waals surface area contributed by atoms with Crippen LogP contribution in [0.1, 0.15) is 6.42 Å². The molecule has 1 N–H and O–H groups in total. The Morgan fingerprint density at radius 2 is 2.36 bits per heavy atom. The fourth-order valence-corrected chi connectivity index (χ4v) is 2.27. The van der Waals surface area contributed by atoms with Gasteiger partial charge in [0.1, 0.15) is 0 Å². The van der Waals surface area contributed by atoms with E-state index < -0.39 is 0 Å². The lowest BCUT2D eigenvalue weighted by molar-refractivity contribution is -0.147. The van der Waals surface area contributed by atoms with Crippen molar-refractivity contribution in [3.8, 4) is 0 Å². The molecule has 3 nitrogen and oxygen atoms in total. The Labute approximate surface area is 89.3 Å². The minimum absolute atomic E-state index is 0.0193. The zero-order valence-electron chi connectivity index (χ0n) is 8.21. The third-order valence-electron chi connectivity index (χ3n) is 2.90. The van der Waals surface area contributed by atoms with E-state index >= 15 is 0 Å². The quantitative estimate of drug-likeness (QED) is 0.760. The zero-order chi connectivity index (χ0) is 10.0. The molecule has 0 atom stereocenters. The van der Waals surface area contributed by atoms with Crippen LogP contribution < -0.4 is 0 Å². The van der Waals surface area contributed by atoms with Crippen molar-refractivity contribution in [3.63, 3.8) is 0 Å². The standard InChI is InChI=1S/C10H16ClNO2/c11-9-2-1-3-12(4-9)5-10(6-13)7-14-8-10/h2,13H,1,3-8H2. The van der Waals surface area contributed by atoms with Crippen molar-refractivity contribution in [2.24, 2.45) is 5.41 Å². The number of hydrogen-bond donors (Lipinski definition) is 1. The SMILES string of the molecule is OCC1(CN2CCC=C(Cl)C2)COC1. The smallest absolute Gasteiger partial charge is 0.0579 e. The first kappa shape index (κ1) is 10.4. The van der Waals surface area contributed by atoms with Crippen LogP contribution in [0.4, 0.5) is 0 Å². The van der Waals surface area contributed by atoms with Crippen molar-refractivity contribution in [3.05, 3.63) is 11.1 Å². The summed E-state index contributed by atoms with van der Waals surface area (Å²) >= 11 is 5.97. The van der Waals surface area contributed by atoms with Gasteiger partial charge in [0.25, 0.3) is 0 Å². The molecule has 14 heavy (non-hydrogen) atoms. The fourth-order valence-electron chi connectivity index (χ4n) is 1.99. The first-order valence-electron chi connectivity index (χ1n) is 5.00. The third kappa shape index (κ3) is 2.11. The van der Waals surface area contributed by atoms with E-state index in [1.807, 2.05) is 0 Å². The molecule has 2 heterocycles. The zero-order valence-corrected chi connectivity index (χ0v) is 8.96. The molecule has 0 amide bonds. The average Bonchev–Trinajstić information content (AvgIpc) is 2.11. The summed E-state index contributed by atoms with van der Waals surface area (Å²) in [6, 6.07) is 0. The van der Waals surface area contributed by atoms with Gasteiger partial charge in [-0.3, -0.25) is 4.90 Å². The topological polar surface area (TPSA) is 32.7 Å². The summed E-state index contributed by atoms with van der Waals surface area (Å²) in [6.07, 6.45) is 3.09. The Morgan fingerprint density at radius 3 is 2.86 bits per heavy atom. The van der Waals surface area contributed by atoms with E-state index in [2.05, 4.69) is 11.0 Å². The first-order chi connectivity index (χ1) is 6.74. The lowest BCUT2D eigenvalue weighted by Gasteiger charge is -2.43. The Kier molecular flexibility index (Phi) is 3.12. The molecule has 0 aromatic rings. The summed E-state index contributed by atoms with van der Waals surface area (Å²) in [4.78, 5) is 2.29. The number of hydrogen-bond acceptors (Lipinski definition) is 3. The summed E-state index contributed by atoms with van der Waals surface area (Å²) < 4.78 is 5.16. The molecule has 0 spiro atoms. The highest BCUT2D eigenvalue weighted by Gasteiger charge is 2.39. The molecule has 4 heteroatoms. The van der Waals surface area contributed by atoms with Crippen LogP contribution in [-0.4, -0.2) is 49.5 Å². The molecule has 0 unspecified atom stereocenters. The molecule has 0 saturated carbocycles. The first-order valence-corrected chi connectivity index (χ1v) is 5.37. The Hall–Kier alpha value is -0.0900. The molecule has 0 bridgehead atoms. The van der Waals surface area contributed by atoms with Gasteiger partial charge in [0.15, 0.2) is 0 Å². The van der Waals surface area contributed by atoms with Gasteiger partial charge in [-0.1, -0.05) is 17.7 Å². The minimum atomic E-state index is -0.0193. The Balaban J connectivity index is 1.88. The monoisotopic (exact) mass is 217 g/mol. The van der Waals surface area contributed by atoms with Gasteiger partial charge in [0, 0.05) is 24.7 Å². The second-order valence-electron chi connectivity index (χ2n) is 4.30. The van der Waals surface area contributed by atoms with Crippen LogP contribution in [0.2, 0.25) is 0 Å². The van der Waals surface area contributed by atoms with Crippen molar-refractivity contribution < 1.29 is 9.84 Å². The van der Waals surface area contributed by atoms with Crippen molar-refractivity contribution in [1.29, 1.82) is 0 Å². The molecule has 0 radical (unpaired) electrons. The maximum atomic E-state index is 9.28. The van der Waals surface area contributed by atoms with Crippen LogP contribution in [-0.2, 0) is 4.74 Å². The highest BCUT2D eigenvalue weighted by Crippen LogP contribution is 2.29.